The Hall–Kier alpha value is -8.78. The molecule has 0 aromatic carbocycles. The van der Waals surface area contributed by atoms with E-state index < -0.39 is 132 Å². The number of hydrogen-bond acceptors (Lipinski definition) is 38. The topological polar surface area (TPSA) is 1090 Å². The second kappa shape index (κ2) is 105. The van der Waals surface area contributed by atoms with Gasteiger partial charge in [0.05, 0.1) is 6.61 Å². The van der Waals surface area contributed by atoms with Crippen molar-refractivity contribution in [2.75, 3.05) is 19.8 Å². The summed E-state index contributed by atoms with van der Waals surface area (Å²) in [4.78, 5) is 113. The first-order valence-corrected chi connectivity index (χ1v) is 49.5. The van der Waals surface area contributed by atoms with E-state index in [1.54, 1.807) is 40.7 Å². The number of carboxylic acid groups (broad SMARTS) is 11. The Kier molecular flexibility index (Phi) is 115. The van der Waals surface area contributed by atoms with Gasteiger partial charge >= 0.3 is 65.7 Å². The number of carbonyl (C=O) groups is 11. The molecule has 0 aliphatic heterocycles. The summed E-state index contributed by atoms with van der Waals surface area (Å²) in [7, 11) is 0. The van der Waals surface area contributed by atoms with Crippen LogP contribution in [0.2, 0.25) is 0 Å². The molecule has 19 atom stereocenters. The van der Waals surface area contributed by atoms with Crippen LogP contribution in [0.5, 0.6) is 0 Å². The highest BCUT2D eigenvalue weighted by molar-refractivity contribution is 5.80. The molecule has 143 heavy (non-hydrogen) atoms. The minimum absolute atomic E-state index is 0.0744. The Labute approximate surface area is 850 Å². The zero-order chi connectivity index (χ0) is 114. The number of unbranched alkanes of at least 4 members (excludes halogenated alkanes) is 11. The quantitative estimate of drug-likeness (QED) is 0.0307. The van der Waals surface area contributed by atoms with Crippen molar-refractivity contribution in [3.05, 3.63) is 23.2 Å². The zero-order valence-corrected chi connectivity index (χ0v) is 88.0. The van der Waals surface area contributed by atoms with Crippen LogP contribution in [0.4, 0.5) is 0 Å². The lowest BCUT2D eigenvalue weighted by Gasteiger charge is -2.16. The molecule has 0 rings (SSSR count). The van der Waals surface area contributed by atoms with Crippen LogP contribution >= 0.6 is 0 Å². The third-order valence-corrected chi connectivity index (χ3v) is 20.6. The van der Waals surface area contributed by atoms with E-state index >= 15 is 0 Å². The molecule has 0 fully saturated rings. The summed E-state index contributed by atoms with van der Waals surface area (Å²) in [5, 5.41) is 115. The smallest absolute Gasteiger partial charge is 0.320 e. The van der Waals surface area contributed by atoms with Gasteiger partial charge in [-0.3, -0.25) is 52.7 Å². The first-order chi connectivity index (χ1) is 66.1. The number of rotatable bonds is 71. The van der Waals surface area contributed by atoms with Gasteiger partial charge in [-0.25, -0.2) is 0 Å². The molecule has 0 amide bonds. The normalized spacial score (nSPS) is 14.9. The molecule has 0 saturated carbocycles. The number of allylic oxidation sites excluding steroid dienone is 3. The van der Waals surface area contributed by atoms with E-state index in [4.69, 9.17) is 209 Å². The SMILES string of the molecule is C/C(N)=C(/N)CCC(N)C(=O)O.C/C(N)=C/C(N)CCC(N)C(=O)O.CC(=N)CCCCCCC(N)C(=O)O.CC(=N)CCCCCCCC(N)C(=O)O.CC(=N)COCCCCCC(N)C(=O)O.CC(C)CC(N)CCC(N)C(=O)O.CC(N)C(N)CCC(N)C(=O)O.CC(N)CCC(N)CCCC(N)C(=O)O.CC(N)CCCCC(N)C(=O)O.CCCC(N)CCC(N)C(=O)O.NCCCCC(N)C(=O)O. The molecule has 848 valence electrons. The highest BCUT2D eigenvalue weighted by atomic mass is 16.5. The van der Waals surface area contributed by atoms with Gasteiger partial charge < -0.3 is 209 Å². The highest BCUT2D eigenvalue weighted by Gasteiger charge is 2.21. The van der Waals surface area contributed by atoms with Crippen LogP contribution in [0.15, 0.2) is 23.2 Å². The average molecular weight is 2070 g/mol. The third-order valence-electron chi connectivity index (χ3n) is 20.6. The van der Waals surface area contributed by atoms with E-state index in [0.717, 1.165) is 173 Å². The highest BCUT2D eigenvalue weighted by Crippen LogP contribution is 2.15. The minimum Gasteiger partial charge on any atom is -0.480 e. The van der Waals surface area contributed by atoms with Crippen molar-refractivity contribution >= 4 is 82.8 Å². The summed E-state index contributed by atoms with van der Waals surface area (Å²) in [6.45, 7) is 22.3. The zero-order valence-electron chi connectivity index (χ0n) is 88.0. The van der Waals surface area contributed by atoms with Gasteiger partial charge in [0.25, 0.3) is 0 Å². The molecule has 0 spiro atoms. The van der Waals surface area contributed by atoms with E-state index in [-0.39, 0.29) is 48.3 Å². The van der Waals surface area contributed by atoms with Crippen molar-refractivity contribution < 1.29 is 114 Å². The second-order valence-corrected chi connectivity index (χ2v) is 36.8. The van der Waals surface area contributed by atoms with Crippen molar-refractivity contribution in [3.63, 3.8) is 0 Å². The molecule has 49 heteroatoms. The van der Waals surface area contributed by atoms with E-state index in [0.29, 0.717) is 157 Å². The number of ether oxygens (including phenoxy) is 1. The molecule has 0 aliphatic rings. The fourth-order valence-electron chi connectivity index (χ4n) is 11.2. The van der Waals surface area contributed by atoms with Crippen LogP contribution in [0.1, 0.15) is 346 Å². The summed E-state index contributed by atoms with van der Waals surface area (Å²) < 4.78 is 5.18. The fraction of sp³-hybridized carbons (Fsp3) is 0.809. The van der Waals surface area contributed by atoms with Crippen LogP contribution in [0.3, 0.4) is 0 Å². The van der Waals surface area contributed by atoms with Crippen molar-refractivity contribution in [2.24, 2.45) is 138 Å². The largest absolute Gasteiger partial charge is 0.480 e. The Morgan fingerprint density at radius 3 is 0.860 bits per heavy atom. The lowest BCUT2D eigenvalue weighted by atomic mass is 9.99. The Morgan fingerprint density at radius 2 is 0.559 bits per heavy atom. The van der Waals surface area contributed by atoms with Crippen molar-refractivity contribution in [1.29, 1.82) is 16.2 Å². The van der Waals surface area contributed by atoms with Crippen LogP contribution in [0.25, 0.3) is 0 Å². The van der Waals surface area contributed by atoms with Gasteiger partial charge in [-0.2, -0.15) is 0 Å². The molecule has 0 aliphatic carbocycles. The number of hydrogen-bond donors (Lipinski definition) is 37. The van der Waals surface area contributed by atoms with Gasteiger partial charge in [0.1, 0.15) is 66.5 Å². The van der Waals surface area contributed by atoms with Gasteiger partial charge in [-0.1, -0.05) is 104 Å². The Balaban J connectivity index is -0.000000149. The second-order valence-electron chi connectivity index (χ2n) is 36.8. The van der Waals surface area contributed by atoms with E-state index in [2.05, 4.69) is 20.8 Å². The summed E-state index contributed by atoms with van der Waals surface area (Å²) in [5.74, 6) is -9.91. The van der Waals surface area contributed by atoms with Crippen LogP contribution < -0.4 is 132 Å². The van der Waals surface area contributed by atoms with Crippen LogP contribution in [-0.2, 0) is 57.5 Å². The van der Waals surface area contributed by atoms with Gasteiger partial charge in [0, 0.05) is 89.2 Å². The lowest BCUT2D eigenvalue weighted by Crippen LogP contribution is -2.41. The van der Waals surface area contributed by atoms with E-state index in [1.807, 2.05) is 20.8 Å². The molecular weight excluding hydrogens is 1860 g/mol. The molecule has 0 saturated heterocycles. The van der Waals surface area contributed by atoms with Gasteiger partial charge in [0.2, 0.25) is 0 Å². The van der Waals surface area contributed by atoms with E-state index in [9.17, 15) is 52.7 Å². The summed E-state index contributed by atoms with van der Waals surface area (Å²) in [5.41, 5.74) is 129. The van der Waals surface area contributed by atoms with Gasteiger partial charge in [-0.15, -0.1) is 0 Å². The molecule has 0 heterocycles. The predicted octanol–water partition coefficient (Wildman–Crippen LogP) is 3.23. The molecule has 60 N–H and O–H groups in total. The van der Waals surface area contributed by atoms with Crippen LogP contribution in [-0.4, -0.2) is 274 Å². The summed E-state index contributed by atoms with van der Waals surface area (Å²) in [6.07, 6.45) is 33.9. The third kappa shape index (κ3) is 133. The van der Waals surface area contributed by atoms with Crippen LogP contribution in [0, 0.1) is 22.1 Å². The molecule has 0 radical (unpaired) electrons. The molecule has 0 aromatic heterocycles. The fourth-order valence-corrected chi connectivity index (χ4v) is 11.2. The van der Waals surface area contributed by atoms with Gasteiger partial charge in [0.15, 0.2) is 0 Å². The maximum atomic E-state index is 10.4. The minimum atomic E-state index is -1.02. The maximum Gasteiger partial charge on any atom is 0.320 e. The molecular formula is C94H204N26O23. The Morgan fingerprint density at radius 1 is 0.287 bits per heavy atom. The average Bonchev–Trinajstić information content (AvgIpc) is 0.967. The number of nitrogens with two attached hydrogens (primary N) is 23. The summed E-state index contributed by atoms with van der Waals surface area (Å²) >= 11 is 0. The van der Waals surface area contributed by atoms with Crippen molar-refractivity contribution in [3.8, 4) is 0 Å². The first-order valence-electron chi connectivity index (χ1n) is 49.5. The molecule has 0 aromatic rings. The number of carboxylic acids is 11. The predicted molar refractivity (Wildman–Crippen MR) is 566 cm³/mol. The van der Waals surface area contributed by atoms with E-state index in [1.165, 1.54) is 0 Å². The Bertz CT molecular complexity index is 3270. The number of nitrogens with one attached hydrogen (secondary N) is 3. The first kappa shape index (κ1) is 157. The molecule has 49 nitrogen and oxygen atoms in total. The standard InChI is InChI=1S/C11H22N2O2.C10H23N3O2.C10H20N2O3.C10H20N2O2.C9H20N2O2.C8H17N3O2.2C8H18N2O2.C7H17N3O2.C7H15N3O2.C6H14N2O2/c1-9(12)7-5-3-2-4-6-8-10(13)11(14)15;1-7(11)5-6-8(12)3-2-4-9(13)10(14)15;1-8(11)7-15-6-4-2-3-5-9(12)10(13)14;1-8(11)6-4-2-3-5-7-9(12)10(13)14;1-6(2)5-7(10)3-4-8(11)9(12)13;1-5(9)4-6(10)2-3-7(11)8(12)13;1-6(9)4-2-3-5-7(10)8(11)12;1-2-3-6(9)4-5-7(10)8(11)12;2*1-4(8)5(9)2-3-6(10)7(11)12;7-4-2-1-3-5(8)6(9)10/h10,12H,2-8,13H2,1H3,(H,14,15);7-9H,2-6,11-13H2,1H3,(H,14,15);9,11H,2-7,12H2,1H3,(H,13,14);9,11H,2-7,12H2,1H3,(H,13,14);6-8H,3-5,10-11H2,1-2H3,(H,12,13);4,6-7H,2-3,9-11H2,1H3,(H,12,13);2*6-7H,2-5,9-10H2,1H3,(H,11,12);4-6H,2-3,8-10H2,1H3,(H,11,12);6H,2-3,8-10H2,1H3,(H,11,12);5H,1-4,7-8H2,(H,9,10)/b;;;;;5-4-;;;;5-4-;. The van der Waals surface area contributed by atoms with Gasteiger partial charge in [-0.05, 0) is 260 Å². The maximum absolute atomic E-state index is 10.4. The van der Waals surface area contributed by atoms with Crippen molar-refractivity contribution in [1.82, 2.24) is 0 Å². The lowest BCUT2D eigenvalue weighted by molar-refractivity contribution is -0.139. The number of aliphatic carboxylic acids is 11. The van der Waals surface area contributed by atoms with Crippen molar-refractivity contribution in [2.45, 2.75) is 461 Å². The molecule has 0 bridgehead atoms. The summed E-state index contributed by atoms with van der Waals surface area (Å²) in [6, 6.07) is -8.22. The monoisotopic (exact) mass is 2070 g/mol. The molecule has 19 unspecified atom stereocenters.